The third-order valence-corrected chi connectivity index (χ3v) is 6.05. The molecule has 146 valence electrons. The summed E-state index contributed by atoms with van der Waals surface area (Å²) in [7, 11) is 1.66. The zero-order valence-electron chi connectivity index (χ0n) is 15.5. The summed E-state index contributed by atoms with van der Waals surface area (Å²) in [4.78, 5) is 30.2. The largest absolute Gasteiger partial charge is 0.280 e. The van der Waals surface area contributed by atoms with Gasteiger partial charge in [-0.15, -0.1) is 0 Å². The van der Waals surface area contributed by atoms with E-state index in [0.29, 0.717) is 32.0 Å². The van der Waals surface area contributed by atoms with Gasteiger partial charge in [-0.05, 0) is 36.8 Å². The fraction of sp³-hybridized carbons (Fsp3) is 0.250. The Morgan fingerprint density at radius 2 is 1.71 bits per heavy atom. The number of amides is 2. The van der Waals surface area contributed by atoms with Gasteiger partial charge in [0.1, 0.15) is 0 Å². The molecule has 2 amide bonds. The molecule has 0 spiro atoms. The third kappa shape index (κ3) is 4.19. The van der Waals surface area contributed by atoms with Crippen molar-refractivity contribution in [3.05, 3.63) is 63.6 Å². The Morgan fingerprint density at radius 1 is 1.07 bits per heavy atom. The lowest BCUT2D eigenvalue weighted by atomic mass is 10.1. The lowest BCUT2D eigenvalue weighted by Crippen LogP contribution is -2.46. The van der Waals surface area contributed by atoms with Gasteiger partial charge in [-0.2, -0.15) is 5.01 Å². The Morgan fingerprint density at radius 3 is 2.29 bits per heavy atom. The summed E-state index contributed by atoms with van der Waals surface area (Å²) in [6.45, 7) is 2.10. The molecular weight excluding hydrogens is 417 g/mol. The van der Waals surface area contributed by atoms with Crippen LogP contribution in [-0.2, 0) is 0 Å². The molecule has 0 aliphatic carbocycles. The van der Waals surface area contributed by atoms with Gasteiger partial charge in [0, 0.05) is 12.8 Å². The number of hydrazine groups is 1. The summed E-state index contributed by atoms with van der Waals surface area (Å²) in [5, 5.41) is 3.99. The van der Waals surface area contributed by atoms with E-state index in [2.05, 4.69) is 11.9 Å². The first-order valence-electron chi connectivity index (χ1n) is 8.82. The van der Waals surface area contributed by atoms with Gasteiger partial charge >= 0.3 is 0 Å². The standard InChI is InChI=1S/C20H19Cl2N3O2S/c1-3-4-11-28-20(23-13-9-10-16(21)17(22)12-13)24(2)25-18(26)14-7-5-6-8-15(14)19(25)27/h5-10,12H,3-4,11H2,1-2H3. The number of benzene rings is 2. The summed E-state index contributed by atoms with van der Waals surface area (Å²) in [5.41, 5.74) is 1.38. The first-order chi connectivity index (χ1) is 13.4. The Kier molecular flexibility index (Phi) is 6.65. The highest BCUT2D eigenvalue weighted by atomic mass is 35.5. The van der Waals surface area contributed by atoms with E-state index >= 15 is 0 Å². The van der Waals surface area contributed by atoms with E-state index in [9.17, 15) is 9.59 Å². The van der Waals surface area contributed by atoms with E-state index in [4.69, 9.17) is 23.2 Å². The van der Waals surface area contributed by atoms with E-state index in [1.165, 1.54) is 16.8 Å². The second-order valence-electron chi connectivity index (χ2n) is 6.19. The second kappa shape index (κ2) is 8.99. The van der Waals surface area contributed by atoms with E-state index in [1.807, 2.05) is 0 Å². The van der Waals surface area contributed by atoms with Crippen molar-refractivity contribution in [1.82, 2.24) is 10.0 Å². The number of unbranched alkanes of at least 4 members (excludes halogenated alkanes) is 1. The number of carbonyl (C=O) groups excluding carboxylic acids is 2. The monoisotopic (exact) mass is 435 g/mol. The fourth-order valence-electron chi connectivity index (χ4n) is 2.71. The lowest BCUT2D eigenvalue weighted by Gasteiger charge is -2.28. The maximum atomic E-state index is 12.8. The average Bonchev–Trinajstić information content (AvgIpc) is 2.94. The van der Waals surface area contributed by atoms with Crippen molar-refractivity contribution in [3.63, 3.8) is 0 Å². The predicted octanol–water partition coefficient (Wildman–Crippen LogP) is 5.66. The molecule has 0 atom stereocenters. The molecule has 8 heteroatoms. The van der Waals surface area contributed by atoms with Gasteiger partial charge in [0.2, 0.25) is 0 Å². The Labute approximate surface area is 178 Å². The second-order valence-corrected chi connectivity index (χ2v) is 8.06. The smallest absolute Gasteiger partial charge is 0.267 e. The zero-order valence-corrected chi connectivity index (χ0v) is 17.8. The number of nitrogens with zero attached hydrogens (tertiary/aromatic N) is 3. The molecule has 3 rings (SSSR count). The third-order valence-electron chi connectivity index (χ3n) is 4.21. The minimum absolute atomic E-state index is 0.360. The van der Waals surface area contributed by atoms with Gasteiger partial charge in [-0.3, -0.25) is 14.6 Å². The van der Waals surface area contributed by atoms with Crippen LogP contribution in [0.15, 0.2) is 47.5 Å². The maximum Gasteiger partial charge on any atom is 0.280 e. The molecule has 2 aromatic rings. The van der Waals surface area contributed by atoms with Crippen molar-refractivity contribution in [2.45, 2.75) is 19.8 Å². The minimum atomic E-state index is -0.360. The highest BCUT2D eigenvalue weighted by molar-refractivity contribution is 8.13. The van der Waals surface area contributed by atoms with Gasteiger partial charge in [0.15, 0.2) is 5.17 Å². The topological polar surface area (TPSA) is 53.0 Å². The molecular formula is C20H19Cl2N3O2S. The Balaban J connectivity index is 1.94. The number of carbonyl (C=O) groups is 2. The van der Waals surface area contributed by atoms with Crippen molar-refractivity contribution in [2.24, 2.45) is 4.99 Å². The van der Waals surface area contributed by atoms with Crippen LogP contribution in [0.2, 0.25) is 10.0 Å². The number of imide groups is 1. The summed E-state index contributed by atoms with van der Waals surface area (Å²) in [6.07, 6.45) is 2.02. The van der Waals surface area contributed by atoms with E-state index in [1.54, 1.807) is 49.5 Å². The van der Waals surface area contributed by atoms with Gasteiger partial charge < -0.3 is 0 Å². The lowest BCUT2D eigenvalue weighted by molar-refractivity contribution is 0.0369. The molecule has 1 aliphatic rings. The van der Waals surface area contributed by atoms with Crippen LogP contribution in [0.4, 0.5) is 5.69 Å². The summed E-state index contributed by atoms with van der Waals surface area (Å²) in [5.74, 6) is 0.0894. The molecule has 0 saturated carbocycles. The Bertz CT molecular complexity index is 914. The van der Waals surface area contributed by atoms with Crippen LogP contribution >= 0.6 is 35.0 Å². The van der Waals surface area contributed by atoms with Crippen molar-refractivity contribution < 1.29 is 9.59 Å². The molecule has 5 nitrogen and oxygen atoms in total. The SMILES string of the molecule is CCCCSC(=Nc1ccc(Cl)c(Cl)c1)N(C)N1C(=O)c2ccccc2C1=O. The number of hydrogen-bond acceptors (Lipinski definition) is 4. The molecule has 2 aromatic carbocycles. The van der Waals surface area contributed by atoms with Crippen molar-refractivity contribution >= 4 is 57.6 Å². The molecule has 1 aliphatic heterocycles. The molecule has 0 fully saturated rings. The number of aliphatic imine (C=N–C) groups is 1. The van der Waals surface area contributed by atoms with Crippen molar-refractivity contribution in [1.29, 1.82) is 0 Å². The van der Waals surface area contributed by atoms with Crippen LogP contribution in [0.5, 0.6) is 0 Å². The van der Waals surface area contributed by atoms with Gasteiger partial charge in [0.25, 0.3) is 11.8 Å². The highest BCUT2D eigenvalue weighted by Gasteiger charge is 2.39. The van der Waals surface area contributed by atoms with Crippen molar-refractivity contribution in [3.8, 4) is 0 Å². The number of amidine groups is 1. The highest BCUT2D eigenvalue weighted by Crippen LogP contribution is 2.30. The molecule has 1 heterocycles. The predicted molar refractivity (Wildman–Crippen MR) is 116 cm³/mol. The van der Waals surface area contributed by atoms with Gasteiger partial charge in [0.05, 0.1) is 26.9 Å². The Hall–Kier alpha value is -2.02. The number of fused-ring (bicyclic) bond motifs is 1. The van der Waals surface area contributed by atoms with Gasteiger partial charge in [-0.1, -0.05) is 60.4 Å². The molecule has 0 unspecified atom stereocenters. The zero-order chi connectivity index (χ0) is 20.3. The minimum Gasteiger partial charge on any atom is -0.267 e. The van der Waals surface area contributed by atoms with Crippen LogP contribution in [-0.4, -0.2) is 39.8 Å². The molecule has 0 aromatic heterocycles. The van der Waals surface area contributed by atoms with Crippen LogP contribution < -0.4 is 0 Å². The van der Waals surface area contributed by atoms with E-state index < -0.39 is 0 Å². The van der Waals surface area contributed by atoms with E-state index in [-0.39, 0.29) is 11.8 Å². The average molecular weight is 436 g/mol. The first kappa shape index (κ1) is 20.7. The number of rotatable bonds is 5. The first-order valence-corrected chi connectivity index (χ1v) is 10.6. The van der Waals surface area contributed by atoms with Crippen molar-refractivity contribution in [2.75, 3.05) is 12.8 Å². The van der Waals surface area contributed by atoms with Crippen LogP contribution in [0.3, 0.4) is 0 Å². The van der Waals surface area contributed by atoms with Crippen LogP contribution in [0.1, 0.15) is 40.5 Å². The van der Waals surface area contributed by atoms with Crippen LogP contribution in [0.25, 0.3) is 0 Å². The summed E-state index contributed by atoms with van der Waals surface area (Å²) < 4.78 is 0. The molecule has 0 bridgehead atoms. The maximum absolute atomic E-state index is 12.8. The van der Waals surface area contributed by atoms with Crippen LogP contribution in [0, 0.1) is 0 Å². The molecule has 0 saturated heterocycles. The number of thioether (sulfide) groups is 1. The number of halogens is 2. The number of hydrogen-bond donors (Lipinski definition) is 0. The summed E-state index contributed by atoms with van der Waals surface area (Å²) >= 11 is 13.6. The normalized spacial score (nSPS) is 13.9. The fourth-order valence-corrected chi connectivity index (χ4v) is 4.05. The summed E-state index contributed by atoms with van der Waals surface area (Å²) in [6, 6.07) is 11.9. The van der Waals surface area contributed by atoms with E-state index in [0.717, 1.165) is 23.6 Å². The quantitative estimate of drug-likeness (QED) is 0.263. The van der Waals surface area contributed by atoms with Gasteiger partial charge in [-0.25, -0.2) is 4.99 Å². The molecule has 0 radical (unpaired) electrons. The molecule has 0 N–H and O–H groups in total. The molecule has 28 heavy (non-hydrogen) atoms.